The van der Waals surface area contributed by atoms with Crippen molar-refractivity contribution >= 4 is 17.9 Å². The Balaban J connectivity index is 1.76. The molecule has 1 saturated heterocycles. The van der Waals surface area contributed by atoms with Gasteiger partial charge in [0.2, 0.25) is 0 Å². The molecule has 1 heterocycles. The Bertz CT molecular complexity index is 833. The molecule has 2 aromatic carbocycles. The second-order valence-corrected chi connectivity index (χ2v) is 6.69. The van der Waals surface area contributed by atoms with Gasteiger partial charge in [-0.3, -0.25) is 9.59 Å². The number of cyclic esters (lactones) is 1. The van der Waals surface area contributed by atoms with Crippen LogP contribution < -0.4 is 10.1 Å². The van der Waals surface area contributed by atoms with E-state index < -0.39 is 18.0 Å². The lowest BCUT2D eigenvalue weighted by Gasteiger charge is -2.23. The largest absolute Gasteiger partial charge is 0.491 e. The van der Waals surface area contributed by atoms with Crippen molar-refractivity contribution in [2.45, 2.75) is 26.0 Å². The van der Waals surface area contributed by atoms with E-state index in [0.29, 0.717) is 11.3 Å². The van der Waals surface area contributed by atoms with Gasteiger partial charge >= 0.3 is 6.09 Å². The SMILES string of the molecule is CC(C)Oc1ccc(C(=O)NC(CN2C(=O)COC2=O)c2ccccc2)cc1. The van der Waals surface area contributed by atoms with Gasteiger partial charge in [0.05, 0.1) is 18.7 Å². The minimum absolute atomic E-state index is 0.00195. The van der Waals surface area contributed by atoms with E-state index in [-0.39, 0.29) is 25.2 Å². The second kappa shape index (κ2) is 8.56. The molecular weight excluding hydrogens is 360 g/mol. The van der Waals surface area contributed by atoms with Crippen molar-refractivity contribution in [1.82, 2.24) is 10.2 Å². The molecule has 1 atom stereocenters. The average molecular weight is 382 g/mol. The molecule has 0 aromatic heterocycles. The molecule has 0 spiro atoms. The van der Waals surface area contributed by atoms with Crippen molar-refractivity contribution in [3.05, 3.63) is 65.7 Å². The summed E-state index contributed by atoms with van der Waals surface area (Å²) in [6.07, 6.45) is -0.657. The Morgan fingerprint density at radius 1 is 1.11 bits per heavy atom. The highest BCUT2D eigenvalue weighted by Gasteiger charge is 2.33. The Labute approximate surface area is 163 Å². The molecule has 3 amide bonds. The summed E-state index contributed by atoms with van der Waals surface area (Å²) in [5, 5.41) is 2.90. The number of rotatable bonds is 7. The predicted molar refractivity (Wildman–Crippen MR) is 102 cm³/mol. The Kier molecular flexibility index (Phi) is 5.93. The molecular formula is C21H22N2O5. The van der Waals surface area contributed by atoms with Gasteiger partial charge in [-0.05, 0) is 43.7 Å². The Morgan fingerprint density at radius 2 is 1.79 bits per heavy atom. The van der Waals surface area contributed by atoms with Crippen molar-refractivity contribution in [3.8, 4) is 5.75 Å². The number of carbonyl (C=O) groups excluding carboxylic acids is 3. The maximum atomic E-state index is 12.7. The highest BCUT2D eigenvalue weighted by molar-refractivity contribution is 5.98. The minimum Gasteiger partial charge on any atom is -0.491 e. The van der Waals surface area contributed by atoms with Gasteiger partial charge in [-0.1, -0.05) is 30.3 Å². The molecule has 0 saturated carbocycles. The summed E-state index contributed by atoms with van der Waals surface area (Å²) in [4.78, 5) is 37.4. The van der Waals surface area contributed by atoms with Crippen LogP contribution in [0.5, 0.6) is 5.75 Å². The van der Waals surface area contributed by atoms with E-state index >= 15 is 0 Å². The van der Waals surface area contributed by atoms with Crippen molar-refractivity contribution in [2.24, 2.45) is 0 Å². The fourth-order valence-corrected chi connectivity index (χ4v) is 2.86. The summed E-state index contributed by atoms with van der Waals surface area (Å²) in [6, 6.07) is 15.4. The highest BCUT2D eigenvalue weighted by atomic mass is 16.6. The first-order valence-electron chi connectivity index (χ1n) is 9.03. The number of imide groups is 1. The molecule has 28 heavy (non-hydrogen) atoms. The number of benzene rings is 2. The highest BCUT2D eigenvalue weighted by Crippen LogP contribution is 2.19. The van der Waals surface area contributed by atoms with Gasteiger partial charge in [-0.15, -0.1) is 0 Å². The molecule has 1 aliphatic heterocycles. The third-order valence-corrected chi connectivity index (χ3v) is 4.20. The van der Waals surface area contributed by atoms with Crippen LogP contribution in [0.15, 0.2) is 54.6 Å². The molecule has 2 aromatic rings. The molecule has 1 N–H and O–H groups in total. The number of nitrogens with one attached hydrogen (secondary N) is 1. The summed E-state index contributed by atoms with van der Waals surface area (Å²) in [7, 11) is 0. The van der Waals surface area contributed by atoms with Crippen LogP contribution in [0.25, 0.3) is 0 Å². The molecule has 0 aliphatic carbocycles. The van der Waals surface area contributed by atoms with E-state index in [9.17, 15) is 14.4 Å². The Morgan fingerprint density at radius 3 is 2.36 bits per heavy atom. The van der Waals surface area contributed by atoms with Crippen molar-refractivity contribution in [2.75, 3.05) is 13.2 Å². The van der Waals surface area contributed by atoms with Crippen molar-refractivity contribution in [3.63, 3.8) is 0 Å². The molecule has 1 aliphatic rings. The molecule has 1 unspecified atom stereocenters. The topological polar surface area (TPSA) is 84.9 Å². The van der Waals surface area contributed by atoms with Gasteiger partial charge in [-0.25, -0.2) is 9.69 Å². The van der Waals surface area contributed by atoms with Crippen molar-refractivity contribution in [1.29, 1.82) is 0 Å². The normalized spacial score (nSPS) is 14.8. The molecule has 7 nitrogen and oxygen atoms in total. The quantitative estimate of drug-likeness (QED) is 0.796. The van der Waals surface area contributed by atoms with E-state index in [1.807, 2.05) is 44.2 Å². The van der Waals surface area contributed by atoms with Gasteiger partial charge < -0.3 is 14.8 Å². The summed E-state index contributed by atoms with van der Waals surface area (Å²) < 4.78 is 10.3. The number of amides is 3. The van der Waals surface area contributed by atoms with E-state index in [1.54, 1.807) is 24.3 Å². The first kappa shape index (κ1) is 19.4. The lowest BCUT2D eigenvalue weighted by Crippen LogP contribution is -2.40. The van der Waals surface area contributed by atoms with E-state index in [2.05, 4.69) is 5.32 Å². The zero-order valence-corrected chi connectivity index (χ0v) is 15.8. The van der Waals surface area contributed by atoms with Crippen LogP contribution in [0, 0.1) is 0 Å². The van der Waals surface area contributed by atoms with Gasteiger partial charge in [0.25, 0.3) is 11.8 Å². The van der Waals surface area contributed by atoms with Crippen LogP contribution in [0.4, 0.5) is 4.79 Å². The van der Waals surface area contributed by atoms with E-state index in [4.69, 9.17) is 9.47 Å². The smallest absolute Gasteiger partial charge is 0.417 e. The standard InChI is InChI=1S/C21H22N2O5/c1-14(2)28-17-10-8-16(9-11-17)20(25)22-18(15-6-4-3-5-7-15)12-23-19(24)13-27-21(23)26/h3-11,14,18H,12-13H2,1-2H3,(H,22,25). The zero-order chi connectivity index (χ0) is 20.1. The number of nitrogens with zero attached hydrogens (tertiary/aromatic N) is 1. The van der Waals surface area contributed by atoms with Crippen LogP contribution in [-0.4, -0.2) is 42.1 Å². The maximum absolute atomic E-state index is 12.7. The average Bonchev–Trinajstić information content (AvgIpc) is 3.00. The first-order chi connectivity index (χ1) is 13.4. The van der Waals surface area contributed by atoms with Crippen LogP contribution in [-0.2, 0) is 9.53 Å². The first-order valence-corrected chi connectivity index (χ1v) is 9.03. The summed E-state index contributed by atoms with van der Waals surface area (Å²) in [5.41, 5.74) is 1.23. The molecule has 146 valence electrons. The summed E-state index contributed by atoms with van der Waals surface area (Å²) in [6.45, 7) is 3.58. The maximum Gasteiger partial charge on any atom is 0.417 e. The third-order valence-electron chi connectivity index (χ3n) is 4.20. The van der Waals surface area contributed by atoms with E-state index in [1.165, 1.54) is 0 Å². The van der Waals surface area contributed by atoms with Crippen LogP contribution in [0.3, 0.4) is 0 Å². The fourth-order valence-electron chi connectivity index (χ4n) is 2.86. The molecule has 0 radical (unpaired) electrons. The molecule has 1 fully saturated rings. The van der Waals surface area contributed by atoms with Crippen LogP contribution in [0.2, 0.25) is 0 Å². The van der Waals surface area contributed by atoms with Gasteiger partial charge in [-0.2, -0.15) is 0 Å². The molecule has 3 rings (SSSR count). The number of ether oxygens (including phenoxy) is 2. The molecule has 7 heteroatoms. The Hall–Kier alpha value is -3.35. The second-order valence-electron chi connectivity index (χ2n) is 6.69. The molecule has 0 bridgehead atoms. The predicted octanol–water partition coefficient (Wildman–Crippen LogP) is 2.92. The van der Waals surface area contributed by atoms with Crippen LogP contribution >= 0.6 is 0 Å². The van der Waals surface area contributed by atoms with Crippen molar-refractivity contribution < 1.29 is 23.9 Å². The van der Waals surface area contributed by atoms with E-state index in [0.717, 1.165) is 10.5 Å². The van der Waals surface area contributed by atoms with Gasteiger partial charge in [0.15, 0.2) is 6.61 Å². The zero-order valence-electron chi connectivity index (χ0n) is 15.8. The number of hydrogen-bond acceptors (Lipinski definition) is 5. The lowest BCUT2D eigenvalue weighted by molar-refractivity contribution is -0.126. The minimum atomic E-state index is -0.699. The van der Waals surface area contributed by atoms with Crippen LogP contribution in [0.1, 0.15) is 35.8 Å². The fraction of sp³-hybridized carbons (Fsp3) is 0.286. The monoisotopic (exact) mass is 382 g/mol. The lowest BCUT2D eigenvalue weighted by atomic mass is 10.1. The summed E-state index contributed by atoms with van der Waals surface area (Å²) in [5.74, 6) is -0.0584. The number of carbonyl (C=O) groups is 3. The summed E-state index contributed by atoms with van der Waals surface area (Å²) >= 11 is 0. The third kappa shape index (κ3) is 4.68. The number of hydrogen-bond donors (Lipinski definition) is 1. The van der Waals surface area contributed by atoms with Gasteiger partial charge in [0, 0.05) is 5.56 Å². The van der Waals surface area contributed by atoms with Gasteiger partial charge in [0.1, 0.15) is 5.75 Å².